The number of pyridine rings is 1. The summed E-state index contributed by atoms with van der Waals surface area (Å²) < 4.78 is 11.5. The molecule has 14 nitrogen and oxygen atoms in total. The largest absolute Gasteiger partial charge is 0.506 e. The Labute approximate surface area is 381 Å². The van der Waals surface area contributed by atoms with E-state index in [0.29, 0.717) is 56.9 Å². The van der Waals surface area contributed by atoms with Gasteiger partial charge in [0.2, 0.25) is 11.2 Å². The van der Waals surface area contributed by atoms with Crippen molar-refractivity contribution in [3.8, 4) is 22.8 Å². The third-order valence-corrected chi connectivity index (χ3v) is 12.1. The van der Waals surface area contributed by atoms with E-state index in [-0.39, 0.29) is 48.3 Å². The smallest absolute Gasteiger partial charge is 0.347 e. The second-order valence-corrected chi connectivity index (χ2v) is 16.5. The molecule has 14 heteroatoms. The van der Waals surface area contributed by atoms with Gasteiger partial charge in [-0.05, 0) is 78.9 Å². The van der Waals surface area contributed by atoms with E-state index in [1.54, 1.807) is 85.2 Å². The lowest BCUT2D eigenvalue weighted by atomic mass is 9.85. The number of phenols is 1. The first kappa shape index (κ1) is 45.3. The zero-order valence-corrected chi connectivity index (χ0v) is 36.5. The summed E-state index contributed by atoms with van der Waals surface area (Å²) in [4.78, 5) is 53.2. The van der Waals surface area contributed by atoms with Crippen molar-refractivity contribution in [1.29, 1.82) is 0 Å². The molecule has 1 saturated heterocycles. The molecular formula is C52H52N6O8. The Bertz CT molecular complexity index is 2830. The van der Waals surface area contributed by atoms with Gasteiger partial charge in [-0.3, -0.25) is 24.5 Å². The highest BCUT2D eigenvalue weighted by Gasteiger charge is 2.42. The highest BCUT2D eigenvalue weighted by molar-refractivity contribution is 5.94. The van der Waals surface area contributed by atoms with E-state index in [2.05, 4.69) is 54.8 Å². The minimum atomic E-state index is -2.07. The number of aromatic hydroxyl groups is 1. The van der Waals surface area contributed by atoms with Crippen LogP contribution in [0.15, 0.2) is 145 Å². The average molecular weight is 889 g/mol. The molecule has 8 rings (SSSR count). The number of carbonyl (C=O) groups is 2. The molecule has 2 aromatic heterocycles. The van der Waals surface area contributed by atoms with Crippen LogP contribution in [-0.2, 0) is 34.8 Å². The standard InChI is InChI=1S/C52H52N6O8/c1-65-47-26-37(15-16-38(47)27-53-31-46(60)42-17-19-45(59)49-43(42)18-20-48(61)57-49)50(62)56-29-41-28-55-44(30-54-41)36-11-8-14-40(25-36)52(64,39-12-6-3-7-13-39)51(63)66-33-35-21-23-58(24-22-35)32-34-9-4-2-5-10-34/h2-20,25-26,28,30,35,46,53,59-60,64H,21-24,27,29,31-33H2,1H3,(H,56,62)(H,57,61). The van der Waals surface area contributed by atoms with Crippen molar-refractivity contribution in [2.45, 2.75) is 44.2 Å². The van der Waals surface area contributed by atoms with E-state index in [1.165, 1.54) is 24.8 Å². The number of likely N-dealkylation sites (tertiary alicyclic amines) is 1. The van der Waals surface area contributed by atoms with Gasteiger partial charge in [-0.25, -0.2) is 4.79 Å². The quantitative estimate of drug-likeness (QED) is 0.0572. The number of amides is 1. The molecule has 1 aliphatic rings. The third-order valence-electron chi connectivity index (χ3n) is 12.1. The number of phenolic OH excluding ortho intramolecular Hbond substituents is 1. The van der Waals surface area contributed by atoms with Gasteiger partial charge in [-0.15, -0.1) is 0 Å². The number of esters is 1. The summed E-state index contributed by atoms with van der Waals surface area (Å²) in [5.74, 6) is -0.507. The molecule has 338 valence electrons. The molecule has 0 radical (unpaired) electrons. The van der Waals surface area contributed by atoms with Gasteiger partial charge in [-0.1, -0.05) is 91.0 Å². The molecular weight excluding hydrogens is 837 g/mol. The number of rotatable bonds is 17. The van der Waals surface area contributed by atoms with Gasteiger partial charge in [0.05, 0.1) is 55.7 Å². The molecule has 5 aromatic carbocycles. The van der Waals surface area contributed by atoms with E-state index in [9.17, 15) is 29.7 Å². The summed E-state index contributed by atoms with van der Waals surface area (Å²) in [6.45, 7) is 3.50. The lowest BCUT2D eigenvalue weighted by Gasteiger charge is -2.33. The lowest BCUT2D eigenvalue weighted by molar-refractivity contribution is -0.164. The van der Waals surface area contributed by atoms with Crippen LogP contribution in [0.4, 0.5) is 0 Å². The van der Waals surface area contributed by atoms with Crippen LogP contribution in [-0.4, -0.2) is 80.4 Å². The van der Waals surface area contributed by atoms with E-state index < -0.39 is 17.7 Å². The summed E-state index contributed by atoms with van der Waals surface area (Å²) in [5, 5.41) is 40.0. The molecule has 0 bridgehead atoms. The summed E-state index contributed by atoms with van der Waals surface area (Å²) in [6, 6.07) is 37.2. The van der Waals surface area contributed by atoms with Gasteiger partial charge in [0.1, 0.15) is 11.5 Å². The van der Waals surface area contributed by atoms with Crippen LogP contribution >= 0.6 is 0 Å². The molecule has 0 spiro atoms. The van der Waals surface area contributed by atoms with Crippen LogP contribution in [0.5, 0.6) is 11.5 Å². The van der Waals surface area contributed by atoms with Gasteiger partial charge < -0.3 is 40.4 Å². The number of ether oxygens (including phenoxy) is 2. The second-order valence-electron chi connectivity index (χ2n) is 16.5. The first-order valence-electron chi connectivity index (χ1n) is 21.9. The lowest BCUT2D eigenvalue weighted by Crippen LogP contribution is -2.40. The predicted molar refractivity (Wildman–Crippen MR) is 249 cm³/mol. The molecule has 7 aromatic rings. The Morgan fingerprint density at radius 1 is 0.864 bits per heavy atom. The number of nitrogens with zero attached hydrogens (tertiary/aromatic N) is 3. The zero-order chi connectivity index (χ0) is 46.0. The Hall–Kier alpha value is -7.23. The number of hydrogen-bond acceptors (Lipinski definition) is 12. The molecule has 2 unspecified atom stereocenters. The number of fused-ring (bicyclic) bond motifs is 1. The van der Waals surface area contributed by atoms with Gasteiger partial charge in [0.25, 0.3) is 5.91 Å². The van der Waals surface area contributed by atoms with Gasteiger partial charge in [-0.2, -0.15) is 0 Å². The molecule has 2 atom stereocenters. The van der Waals surface area contributed by atoms with Crippen LogP contribution in [0, 0.1) is 5.92 Å². The molecule has 0 aliphatic carbocycles. The summed E-state index contributed by atoms with van der Waals surface area (Å²) in [6.07, 6.45) is 3.98. The fourth-order valence-electron chi connectivity index (χ4n) is 8.34. The van der Waals surface area contributed by atoms with Crippen molar-refractivity contribution in [3.63, 3.8) is 0 Å². The monoisotopic (exact) mass is 888 g/mol. The minimum Gasteiger partial charge on any atom is -0.506 e. The van der Waals surface area contributed by atoms with Crippen LogP contribution in [0.2, 0.25) is 0 Å². The number of carbonyl (C=O) groups excluding carboxylic acids is 2. The van der Waals surface area contributed by atoms with E-state index in [1.807, 2.05) is 18.2 Å². The topological polar surface area (TPSA) is 199 Å². The van der Waals surface area contributed by atoms with Gasteiger partial charge in [0.15, 0.2) is 0 Å². The zero-order valence-electron chi connectivity index (χ0n) is 36.5. The fourth-order valence-corrected chi connectivity index (χ4v) is 8.34. The predicted octanol–water partition coefficient (Wildman–Crippen LogP) is 6.14. The Morgan fingerprint density at radius 3 is 2.36 bits per heavy atom. The Kier molecular flexibility index (Phi) is 14.2. The number of aliphatic hydroxyl groups excluding tert-OH is 1. The van der Waals surface area contributed by atoms with Gasteiger partial charge >= 0.3 is 5.97 Å². The maximum atomic E-state index is 14.0. The number of aromatic amines is 1. The minimum absolute atomic E-state index is 0.0856. The highest BCUT2D eigenvalue weighted by Crippen LogP contribution is 2.34. The fraction of sp³-hybridized carbons (Fsp3) is 0.250. The van der Waals surface area contributed by atoms with Crippen molar-refractivity contribution in [1.82, 2.24) is 30.5 Å². The van der Waals surface area contributed by atoms with Crippen molar-refractivity contribution in [2.75, 3.05) is 33.4 Å². The van der Waals surface area contributed by atoms with Crippen molar-refractivity contribution < 1.29 is 34.4 Å². The van der Waals surface area contributed by atoms with E-state index in [0.717, 1.165) is 38.0 Å². The van der Waals surface area contributed by atoms with E-state index >= 15 is 0 Å². The summed E-state index contributed by atoms with van der Waals surface area (Å²) in [5.41, 5.74) is 3.15. The number of aromatic nitrogens is 3. The molecule has 66 heavy (non-hydrogen) atoms. The number of aliphatic hydroxyl groups is 2. The SMILES string of the molecule is COc1cc(C(=O)NCc2cnc(-c3cccc(C(O)(C(=O)OCC4CCN(Cc5ccccc5)CC4)c4ccccc4)c3)cn2)ccc1CNCC(O)c1ccc(O)c2[nH]c(=O)ccc12. The van der Waals surface area contributed by atoms with Gasteiger partial charge in [0, 0.05) is 53.3 Å². The number of nitrogens with one attached hydrogen (secondary N) is 3. The molecule has 1 amide bonds. The number of H-pyrrole nitrogens is 1. The average Bonchev–Trinajstić information content (AvgIpc) is 3.36. The number of benzene rings is 5. The van der Waals surface area contributed by atoms with E-state index in [4.69, 9.17) is 9.47 Å². The van der Waals surface area contributed by atoms with Crippen LogP contribution in [0.25, 0.3) is 22.2 Å². The number of hydrogen-bond donors (Lipinski definition) is 6. The van der Waals surface area contributed by atoms with Crippen LogP contribution in [0.3, 0.4) is 0 Å². The van der Waals surface area contributed by atoms with Crippen molar-refractivity contribution >= 4 is 22.8 Å². The van der Waals surface area contributed by atoms with Crippen LogP contribution in [0.1, 0.15) is 62.8 Å². The normalized spacial score (nSPS) is 14.6. The molecule has 1 fully saturated rings. The molecule has 3 heterocycles. The summed E-state index contributed by atoms with van der Waals surface area (Å²) in [7, 11) is 1.51. The number of methoxy groups -OCH3 is 1. The van der Waals surface area contributed by atoms with Crippen molar-refractivity contribution in [2.24, 2.45) is 5.92 Å². The Morgan fingerprint density at radius 2 is 1.62 bits per heavy atom. The van der Waals surface area contributed by atoms with Crippen molar-refractivity contribution in [3.05, 3.63) is 189 Å². The third kappa shape index (κ3) is 10.5. The Balaban J connectivity index is 0.863. The first-order valence-corrected chi connectivity index (χ1v) is 21.9. The maximum Gasteiger partial charge on any atom is 0.347 e. The molecule has 6 N–H and O–H groups in total. The van der Waals surface area contributed by atoms with Crippen LogP contribution < -0.4 is 20.9 Å². The molecule has 1 aliphatic heterocycles. The highest BCUT2D eigenvalue weighted by atomic mass is 16.5. The first-order chi connectivity index (χ1) is 32.1. The summed E-state index contributed by atoms with van der Waals surface area (Å²) >= 11 is 0. The molecule has 0 saturated carbocycles. The number of piperidine rings is 1. The maximum absolute atomic E-state index is 14.0. The second kappa shape index (κ2) is 20.7.